The molecule has 0 spiro atoms. The summed E-state index contributed by atoms with van der Waals surface area (Å²) in [5.74, 6) is 0. The van der Waals surface area contributed by atoms with E-state index in [1.807, 2.05) is 5.51 Å². The summed E-state index contributed by atoms with van der Waals surface area (Å²) in [6.07, 6.45) is 2.79. The van der Waals surface area contributed by atoms with Crippen molar-refractivity contribution in [3.63, 3.8) is 0 Å². The second kappa shape index (κ2) is 4.87. The van der Waals surface area contributed by atoms with Crippen molar-refractivity contribution in [1.29, 1.82) is 0 Å². The lowest BCUT2D eigenvalue weighted by Gasteiger charge is -2.35. The third-order valence-electron chi connectivity index (χ3n) is 2.55. The van der Waals surface area contributed by atoms with E-state index in [4.69, 9.17) is 4.74 Å². The van der Waals surface area contributed by atoms with Crippen molar-refractivity contribution in [2.24, 2.45) is 0 Å². The van der Waals surface area contributed by atoms with Crippen LogP contribution in [0.3, 0.4) is 0 Å². The smallest absolute Gasteiger partial charge is 0.0795 e. The SMILES string of the molecule is CCOC1CC(NCc2cscn2)C1. The molecule has 14 heavy (non-hydrogen) atoms. The molecule has 0 saturated heterocycles. The van der Waals surface area contributed by atoms with Gasteiger partial charge in [-0.1, -0.05) is 0 Å². The van der Waals surface area contributed by atoms with Crippen LogP contribution in [0.2, 0.25) is 0 Å². The third-order valence-corrected chi connectivity index (χ3v) is 3.19. The molecule has 0 bridgehead atoms. The van der Waals surface area contributed by atoms with Crippen LogP contribution >= 0.6 is 11.3 Å². The number of ether oxygens (including phenoxy) is 1. The molecule has 0 aliphatic heterocycles. The van der Waals surface area contributed by atoms with Crippen LogP contribution in [0, 0.1) is 0 Å². The molecule has 78 valence electrons. The summed E-state index contributed by atoms with van der Waals surface area (Å²) < 4.78 is 5.49. The van der Waals surface area contributed by atoms with E-state index in [0.29, 0.717) is 12.1 Å². The van der Waals surface area contributed by atoms with Crippen LogP contribution in [-0.2, 0) is 11.3 Å². The summed E-state index contributed by atoms with van der Waals surface area (Å²) in [6.45, 7) is 3.78. The lowest BCUT2D eigenvalue weighted by molar-refractivity contribution is -0.0102. The molecule has 0 amide bonds. The zero-order chi connectivity index (χ0) is 9.80. The van der Waals surface area contributed by atoms with Crippen LogP contribution in [0.25, 0.3) is 0 Å². The average molecular weight is 212 g/mol. The van der Waals surface area contributed by atoms with Crippen molar-refractivity contribution in [3.05, 3.63) is 16.6 Å². The Bertz CT molecular complexity index is 257. The van der Waals surface area contributed by atoms with E-state index in [-0.39, 0.29) is 0 Å². The number of thiazole rings is 1. The molecule has 1 fully saturated rings. The summed E-state index contributed by atoms with van der Waals surface area (Å²) in [5.41, 5.74) is 3.02. The molecule has 1 heterocycles. The standard InChI is InChI=1S/C10H16N2OS/c1-2-13-10-3-8(4-10)11-5-9-6-14-7-12-9/h6-8,10-11H,2-5H2,1H3. The quantitative estimate of drug-likeness (QED) is 0.808. The van der Waals surface area contributed by atoms with Crippen LogP contribution in [0.5, 0.6) is 0 Å². The first-order valence-corrected chi connectivity index (χ1v) is 6.04. The minimum absolute atomic E-state index is 0.493. The highest BCUT2D eigenvalue weighted by molar-refractivity contribution is 7.07. The van der Waals surface area contributed by atoms with Gasteiger partial charge in [-0.05, 0) is 19.8 Å². The molecule has 0 radical (unpaired) electrons. The Morgan fingerprint density at radius 1 is 1.64 bits per heavy atom. The first-order chi connectivity index (χ1) is 6.88. The molecule has 2 rings (SSSR count). The molecule has 1 aromatic rings. The van der Waals surface area contributed by atoms with E-state index in [0.717, 1.165) is 31.7 Å². The summed E-state index contributed by atoms with van der Waals surface area (Å²) in [5, 5.41) is 5.56. The molecule has 1 saturated carbocycles. The molecule has 1 aliphatic rings. The molecule has 0 atom stereocenters. The van der Waals surface area contributed by atoms with Crippen molar-refractivity contribution in [2.75, 3.05) is 6.61 Å². The Morgan fingerprint density at radius 2 is 2.50 bits per heavy atom. The maximum atomic E-state index is 5.49. The topological polar surface area (TPSA) is 34.1 Å². The van der Waals surface area contributed by atoms with Gasteiger partial charge in [0.15, 0.2) is 0 Å². The fourth-order valence-corrected chi connectivity index (χ4v) is 2.24. The predicted molar refractivity (Wildman–Crippen MR) is 57.4 cm³/mol. The number of aromatic nitrogens is 1. The molecule has 0 aromatic carbocycles. The van der Waals surface area contributed by atoms with Crippen LogP contribution in [-0.4, -0.2) is 23.7 Å². The van der Waals surface area contributed by atoms with E-state index < -0.39 is 0 Å². The van der Waals surface area contributed by atoms with Crippen LogP contribution in [0.15, 0.2) is 10.9 Å². The predicted octanol–water partition coefficient (Wildman–Crippen LogP) is 1.80. The minimum atomic E-state index is 0.493. The van der Waals surface area contributed by atoms with Crippen molar-refractivity contribution < 1.29 is 4.74 Å². The van der Waals surface area contributed by atoms with Gasteiger partial charge in [0, 0.05) is 24.6 Å². The highest BCUT2D eigenvalue weighted by Crippen LogP contribution is 2.23. The molecular formula is C10H16N2OS. The van der Waals surface area contributed by atoms with Gasteiger partial charge in [0.25, 0.3) is 0 Å². The zero-order valence-corrected chi connectivity index (χ0v) is 9.22. The Labute approximate surface area is 88.5 Å². The summed E-state index contributed by atoms with van der Waals surface area (Å²) in [6, 6.07) is 0.633. The highest BCUT2D eigenvalue weighted by atomic mass is 32.1. The Kier molecular flexibility index (Phi) is 3.50. The van der Waals surface area contributed by atoms with Crippen molar-refractivity contribution in [1.82, 2.24) is 10.3 Å². The second-order valence-electron chi connectivity index (χ2n) is 3.61. The number of hydrogen-bond donors (Lipinski definition) is 1. The molecule has 1 aliphatic carbocycles. The number of nitrogens with zero attached hydrogens (tertiary/aromatic N) is 1. The number of rotatable bonds is 5. The van der Waals surface area contributed by atoms with Crippen molar-refractivity contribution >= 4 is 11.3 Å². The van der Waals surface area contributed by atoms with Gasteiger partial charge in [0.05, 0.1) is 17.3 Å². The van der Waals surface area contributed by atoms with Gasteiger partial charge >= 0.3 is 0 Å². The zero-order valence-electron chi connectivity index (χ0n) is 8.40. The normalized spacial score (nSPS) is 26.1. The largest absolute Gasteiger partial charge is 0.378 e. The van der Waals surface area contributed by atoms with Gasteiger partial charge in [-0.15, -0.1) is 11.3 Å². The average Bonchev–Trinajstić information content (AvgIpc) is 2.61. The van der Waals surface area contributed by atoms with Crippen LogP contribution < -0.4 is 5.32 Å². The van der Waals surface area contributed by atoms with Crippen molar-refractivity contribution in [2.45, 2.75) is 38.5 Å². The van der Waals surface area contributed by atoms with Gasteiger partial charge < -0.3 is 10.1 Å². The van der Waals surface area contributed by atoms with E-state index in [1.54, 1.807) is 11.3 Å². The first-order valence-electron chi connectivity index (χ1n) is 5.10. The van der Waals surface area contributed by atoms with Gasteiger partial charge in [-0.2, -0.15) is 0 Å². The Hall–Kier alpha value is -0.450. The van der Waals surface area contributed by atoms with Gasteiger partial charge in [0.2, 0.25) is 0 Å². The minimum Gasteiger partial charge on any atom is -0.378 e. The summed E-state index contributed by atoms with van der Waals surface area (Å²) in [4.78, 5) is 4.23. The molecule has 1 aromatic heterocycles. The fourth-order valence-electron chi connectivity index (χ4n) is 1.68. The molecule has 4 heteroatoms. The van der Waals surface area contributed by atoms with Crippen molar-refractivity contribution in [3.8, 4) is 0 Å². The van der Waals surface area contributed by atoms with Crippen LogP contribution in [0.1, 0.15) is 25.5 Å². The van der Waals surface area contributed by atoms with Gasteiger partial charge in [-0.25, -0.2) is 4.98 Å². The molecule has 3 nitrogen and oxygen atoms in total. The van der Waals surface area contributed by atoms with E-state index in [1.165, 1.54) is 0 Å². The van der Waals surface area contributed by atoms with Crippen LogP contribution in [0.4, 0.5) is 0 Å². The summed E-state index contributed by atoms with van der Waals surface area (Å²) >= 11 is 1.65. The summed E-state index contributed by atoms with van der Waals surface area (Å²) in [7, 11) is 0. The lowest BCUT2D eigenvalue weighted by Crippen LogP contribution is -2.45. The lowest BCUT2D eigenvalue weighted by atomic mass is 9.89. The molecular weight excluding hydrogens is 196 g/mol. The maximum Gasteiger partial charge on any atom is 0.0795 e. The van der Waals surface area contributed by atoms with Gasteiger partial charge in [0.1, 0.15) is 0 Å². The maximum absolute atomic E-state index is 5.49. The number of nitrogens with one attached hydrogen (secondary N) is 1. The Balaban J connectivity index is 1.61. The van der Waals surface area contributed by atoms with Gasteiger partial charge in [-0.3, -0.25) is 0 Å². The monoisotopic (exact) mass is 212 g/mol. The van der Waals surface area contributed by atoms with E-state index >= 15 is 0 Å². The Morgan fingerprint density at radius 3 is 3.14 bits per heavy atom. The molecule has 0 unspecified atom stereocenters. The van der Waals surface area contributed by atoms with E-state index in [9.17, 15) is 0 Å². The second-order valence-corrected chi connectivity index (χ2v) is 4.33. The highest BCUT2D eigenvalue weighted by Gasteiger charge is 2.28. The van der Waals surface area contributed by atoms with E-state index in [2.05, 4.69) is 22.6 Å². The first kappa shape index (κ1) is 10.1. The fraction of sp³-hybridized carbons (Fsp3) is 0.700. The third kappa shape index (κ3) is 2.53. The number of hydrogen-bond acceptors (Lipinski definition) is 4. The molecule has 1 N–H and O–H groups in total.